The van der Waals surface area contributed by atoms with E-state index in [2.05, 4.69) is 18.7 Å². The first-order valence-corrected chi connectivity index (χ1v) is 3.62. The van der Waals surface area contributed by atoms with Crippen molar-refractivity contribution in [3.63, 3.8) is 0 Å². The lowest BCUT2D eigenvalue weighted by molar-refractivity contribution is 0.228. The molecule has 0 fully saturated rings. The van der Waals surface area contributed by atoms with Gasteiger partial charge < -0.3 is 4.74 Å². The molecule has 0 atom stereocenters. The summed E-state index contributed by atoms with van der Waals surface area (Å²) >= 11 is 0. The fourth-order valence-corrected chi connectivity index (χ4v) is 0.861. The first-order chi connectivity index (χ1) is 5.33. The van der Waals surface area contributed by atoms with Gasteiger partial charge in [0.2, 0.25) is 0 Å². The first kappa shape index (κ1) is 8.06. The Labute approximate surface area is 67.4 Å². The van der Waals surface area contributed by atoms with Crippen LogP contribution < -0.4 is 0 Å². The molecule has 0 amide bonds. The average Bonchev–Trinajstić information content (AvgIpc) is 2.17. The van der Waals surface area contributed by atoms with E-state index in [0.717, 1.165) is 5.57 Å². The topological polar surface area (TPSA) is 9.23 Å². The van der Waals surface area contributed by atoms with Crippen LogP contribution in [-0.2, 0) is 4.74 Å². The normalized spacial score (nSPS) is 15.8. The minimum atomic E-state index is 0.633. The highest BCUT2D eigenvalue weighted by Gasteiger charge is 1.90. The van der Waals surface area contributed by atoms with Crippen LogP contribution in [0.2, 0.25) is 0 Å². The number of ether oxygens (including phenoxy) is 1. The molecule has 1 rings (SSSR count). The second-order valence-corrected chi connectivity index (χ2v) is 2.51. The van der Waals surface area contributed by atoms with Crippen LogP contribution in [0, 0.1) is 0 Å². The fraction of sp³-hybridized carbons (Fsp3) is 0.300. The summed E-state index contributed by atoms with van der Waals surface area (Å²) in [6.07, 6.45) is 8.03. The third-order valence-corrected chi connectivity index (χ3v) is 1.46. The fourth-order valence-electron chi connectivity index (χ4n) is 0.861. The van der Waals surface area contributed by atoms with Crippen LogP contribution in [0.25, 0.3) is 0 Å². The summed E-state index contributed by atoms with van der Waals surface area (Å²) in [6.45, 7) is 2.69. The van der Waals surface area contributed by atoms with Crippen molar-refractivity contribution in [3.05, 3.63) is 41.2 Å². The van der Waals surface area contributed by atoms with E-state index in [4.69, 9.17) is 4.74 Å². The Hall–Kier alpha value is -1.04. The summed E-state index contributed by atoms with van der Waals surface area (Å²) in [5.41, 5.74) is 5.44. The number of allylic oxidation sites excluding steroid dienone is 3. The molecule has 0 radical (unpaired) electrons. The molecule has 0 bridgehead atoms. The quantitative estimate of drug-likeness (QED) is 0.546. The van der Waals surface area contributed by atoms with Crippen molar-refractivity contribution in [1.82, 2.24) is 0 Å². The van der Waals surface area contributed by atoms with Gasteiger partial charge in [-0.05, 0) is 19.1 Å². The molecule has 58 valence electrons. The van der Waals surface area contributed by atoms with E-state index in [0.29, 0.717) is 6.61 Å². The molecule has 0 N–H and O–H groups in total. The molecule has 1 nitrogen and oxygen atoms in total. The van der Waals surface area contributed by atoms with Crippen LogP contribution in [0.3, 0.4) is 0 Å². The maximum absolute atomic E-state index is 4.98. The lowest BCUT2D eigenvalue weighted by Crippen LogP contribution is -1.88. The molecule has 0 aliphatic heterocycles. The van der Waals surface area contributed by atoms with Crippen molar-refractivity contribution in [1.29, 1.82) is 0 Å². The second-order valence-electron chi connectivity index (χ2n) is 2.51. The Morgan fingerprint density at radius 3 is 3.00 bits per heavy atom. The van der Waals surface area contributed by atoms with Gasteiger partial charge in [0, 0.05) is 12.7 Å². The van der Waals surface area contributed by atoms with Gasteiger partial charge in [0.1, 0.15) is 0 Å². The highest BCUT2D eigenvalue weighted by molar-refractivity contribution is 5.33. The van der Waals surface area contributed by atoms with Crippen molar-refractivity contribution in [2.45, 2.75) is 6.92 Å². The Morgan fingerprint density at radius 2 is 2.27 bits per heavy atom. The molecule has 0 heterocycles. The third-order valence-electron chi connectivity index (χ3n) is 1.46. The van der Waals surface area contributed by atoms with Gasteiger partial charge in [0.05, 0.1) is 6.61 Å². The molecule has 0 unspecified atom stereocenters. The van der Waals surface area contributed by atoms with Crippen LogP contribution in [0.5, 0.6) is 0 Å². The van der Waals surface area contributed by atoms with E-state index in [1.165, 1.54) is 5.57 Å². The predicted molar refractivity (Wildman–Crippen MR) is 46.4 cm³/mol. The molecule has 0 saturated carbocycles. The summed E-state index contributed by atoms with van der Waals surface area (Å²) in [5, 5.41) is 0. The molecule has 0 spiro atoms. The van der Waals surface area contributed by atoms with Crippen LogP contribution in [0.1, 0.15) is 6.92 Å². The first-order valence-electron chi connectivity index (χ1n) is 3.62. The predicted octanol–water partition coefficient (Wildman–Crippen LogP) is 2.23. The second kappa shape index (κ2) is 3.97. The maximum Gasteiger partial charge on any atom is 0.0785 e. The SMILES string of the molecule is COCC1=C=CC=C(C)C=C1. The molecule has 1 aliphatic carbocycles. The molecular formula is C10H12O. The van der Waals surface area contributed by atoms with Crippen molar-refractivity contribution in [3.8, 4) is 0 Å². The van der Waals surface area contributed by atoms with Gasteiger partial charge in [0.15, 0.2) is 0 Å². The van der Waals surface area contributed by atoms with Gasteiger partial charge >= 0.3 is 0 Å². The van der Waals surface area contributed by atoms with E-state index in [1.807, 2.05) is 18.2 Å². The summed E-state index contributed by atoms with van der Waals surface area (Å²) in [7, 11) is 1.69. The highest BCUT2D eigenvalue weighted by Crippen LogP contribution is 2.04. The molecular weight excluding hydrogens is 136 g/mol. The summed E-state index contributed by atoms with van der Waals surface area (Å²) in [5.74, 6) is 0. The third kappa shape index (κ3) is 2.58. The standard InChI is InChI=1S/C10H12O/c1-9-4-3-5-10(7-6-9)8-11-2/h3-4,6-7H,8H2,1-2H3. The van der Waals surface area contributed by atoms with Crippen molar-refractivity contribution in [2.24, 2.45) is 0 Å². The van der Waals surface area contributed by atoms with Crippen LogP contribution >= 0.6 is 0 Å². The Morgan fingerprint density at radius 1 is 1.45 bits per heavy atom. The Kier molecular flexibility index (Phi) is 2.91. The van der Waals surface area contributed by atoms with Crippen LogP contribution in [-0.4, -0.2) is 13.7 Å². The van der Waals surface area contributed by atoms with Crippen molar-refractivity contribution < 1.29 is 4.74 Å². The zero-order chi connectivity index (χ0) is 8.10. The molecule has 0 saturated heterocycles. The Bertz CT molecular complexity index is 250. The molecule has 0 aromatic rings. The van der Waals surface area contributed by atoms with Gasteiger partial charge in [-0.1, -0.05) is 17.7 Å². The van der Waals surface area contributed by atoms with Gasteiger partial charge in [-0.2, -0.15) is 0 Å². The summed E-state index contributed by atoms with van der Waals surface area (Å²) in [6, 6.07) is 0. The highest BCUT2D eigenvalue weighted by atomic mass is 16.5. The smallest absolute Gasteiger partial charge is 0.0785 e. The lowest BCUT2D eigenvalue weighted by atomic mass is 10.2. The monoisotopic (exact) mass is 148 g/mol. The number of rotatable bonds is 2. The average molecular weight is 148 g/mol. The summed E-state index contributed by atoms with van der Waals surface area (Å²) in [4.78, 5) is 0. The largest absolute Gasteiger partial charge is 0.379 e. The van der Waals surface area contributed by atoms with E-state index in [1.54, 1.807) is 7.11 Å². The van der Waals surface area contributed by atoms with E-state index < -0.39 is 0 Å². The maximum atomic E-state index is 4.98. The van der Waals surface area contributed by atoms with Gasteiger partial charge in [-0.25, -0.2) is 0 Å². The Balaban J connectivity index is 2.73. The number of hydrogen-bond donors (Lipinski definition) is 0. The van der Waals surface area contributed by atoms with E-state index in [9.17, 15) is 0 Å². The zero-order valence-corrected chi connectivity index (χ0v) is 6.92. The zero-order valence-electron chi connectivity index (χ0n) is 6.92. The molecule has 11 heavy (non-hydrogen) atoms. The number of hydrogen-bond acceptors (Lipinski definition) is 1. The van der Waals surface area contributed by atoms with E-state index >= 15 is 0 Å². The molecule has 0 aromatic heterocycles. The number of methoxy groups -OCH3 is 1. The van der Waals surface area contributed by atoms with Crippen molar-refractivity contribution >= 4 is 0 Å². The van der Waals surface area contributed by atoms with E-state index in [-0.39, 0.29) is 0 Å². The van der Waals surface area contributed by atoms with Crippen molar-refractivity contribution in [2.75, 3.05) is 13.7 Å². The minimum Gasteiger partial charge on any atom is -0.379 e. The minimum absolute atomic E-state index is 0.633. The lowest BCUT2D eigenvalue weighted by Gasteiger charge is -1.94. The van der Waals surface area contributed by atoms with Crippen LogP contribution in [0.15, 0.2) is 41.2 Å². The summed E-state index contributed by atoms with van der Waals surface area (Å²) < 4.78 is 4.98. The van der Waals surface area contributed by atoms with Gasteiger partial charge in [-0.3, -0.25) is 0 Å². The van der Waals surface area contributed by atoms with Gasteiger partial charge in [-0.15, -0.1) is 5.73 Å². The molecule has 1 aliphatic rings. The molecule has 1 heteroatoms. The van der Waals surface area contributed by atoms with Gasteiger partial charge in [0.25, 0.3) is 0 Å². The van der Waals surface area contributed by atoms with Crippen LogP contribution in [0.4, 0.5) is 0 Å². The molecule has 0 aromatic carbocycles.